The third-order valence-electron chi connectivity index (χ3n) is 3.00. The fourth-order valence-corrected chi connectivity index (χ4v) is 2.00. The lowest BCUT2D eigenvalue weighted by molar-refractivity contribution is 0.0962. The van der Waals surface area contributed by atoms with E-state index in [1.54, 1.807) is 0 Å². The molecule has 0 saturated carbocycles. The number of pyridine rings is 1. The summed E-state index contributed by atoms with van der Waals surface area (Å²) in [5.41, 5.74) is 2.17. The van der Waals surface area contributed by atoms with E-state index in [9.17, 15) is 0 Å². The zero-order valence-electron chi connectivity index (χ0n) is 11.7. The highest BCUT2D eigenvalue weighted by atomic mass is 35.5. The summed E-state index contributed by atoms with van der Waals surface area (Å²) in [7, 11) is 0. The van der Waals surface area contributed by atoms with Crippen molar-refractivity contribution in [2.24, 2.45) is 5.41 Å². The summed E-state index contributed by atoms with van der Waals surface area (Å²) < 4.78 is 5.70. The Labute approximate surface area is 119 Å². The van der Waals surface area contributed by atoms with Crippen molar-refractivity contribution in [3.63, 3.8) is 0 Å². The van der Waals surface area contributed by atoms with Gasteiger partial charge >= 0.3 is 0 Å². The summed E-state index contributed by atoms with van der Waals surface area (Å²) in [5.74, 6) is 0. The van der Waals surface area contributed by atoms with Crippen LogP contribution in [0.4, 0.5) is 0 Å². The molecule has 0 saturated heterocycles. The van der Waals surface area contributed by atoms with E-state index >= 15 is 0 Å². The van der Waals surface area contributed by atoms with Crippen LogP contribution in [-0.4, -0.2) is 11.6 Å². The zero-order valence-corrected chi connectivity index (χ0v) is 12.5. The van der Waals surface area contributed by atoms with Gasteiger partial charge in [-0.15, -0.1) is 0 Å². The normalized spacial score (nSPS) is 12.0. The van der Waals surface area contributed by atoms with Crippen molar-refractivity contribution in [2.75, 3.05) is 6.61 Å². The molecule has 102 valence electrons. The number of halogens is 1. The standard InChI is InChI=1S/C16H20ClNO/c1-16(2,3)8-9-19-11-13-10-12-6-4-5-7-14(12)18-15(13)17/h4-7,10H,8-9,11H2,1-3H3. The van der Waals surface area contributed by atoms with Crippen LogP contribution < -0.4 is 0 Å². The van der Waals surface area contributed by atoms with Crippen molar-refractivity contribution in [3.05, 3.63) is 41.0 Å². The predicted molar refractivity (Wildman–Crippen MR) is 80.5 cm³/mol. The van der Waals surface area contributed by atoms with Crippen molar-refractivity contribution in [1.29, 1.82) is 0 Å². The van der Waals surface area contributed by atoms with Crippen LogP contribution in [0.2, 0.25) is 5.15 Å². The fourth-order valence-electron chi connectivity index (χ4n) is 1.80. The molecule has 1 aromatic heterocycles. The van der Waals surface area contributed by atoms with Gasteiger partial charge in [0.25, 0.3) is 0 Å². The van der Waals surface area contributed by atoms with E-state index in [-0.39, 0.29) is 0 Å². The molecule has 2 rings (SSSR count). The molecule has 0 atom stereocenters. The molecular formula is C16H20ClNO. The molecule has 2 aromatic rings. The summed E-state index contributed by atoms with van der Waals surface area (Å²) in [6.45, 7) is 7.89. The van der Waals surface area contributed by atoms with Gasteiger partial charge in [0.05, 0.1) is 12.1 Å². The van der Waals surface area contributed by atoms with Crippen LogP contribution in [0.1, 0.15) is 32.8 Å². The topological polar surface area (TPSA) is 22.1 Å². The highest BCUT2D eigenvalue weighted by Crippen LogP contribution is 2.22. The van der Waals surface area contributed by atoms with Crippen LogP contribution in [0.15, 0.2) is 30.3 Å². The first kappa shape index (κ1) is 14.3. The Balaban J connectivity index is 2.02. The molecule has 0 bridgehead atoms. The first-order valence-electron chi connectivity index (χ1n) is 6.58. The highest BCUT2D eigenvalue weighted by molar-refractivity contribution is 6.30. The van der Waals surface area contributed by atoms with E-state index in [0.717, 1.165) is 29.5 Å². The van der Waals surface area contributed by atoms with Gasteiger partial charge in [0.1, 0.15) is 5.15 Å². The quantitative estimate of drug-likeness (QED) is 0.589. The number of hydrogen-bond donors (Lipinski definition) is 0. The molecule has 1 heterocycles. The molecular weight excluding hydrogens is 258 g/mol. The van der Waals surface area contributed by atoms with Gasteiger partial charge in [0.15, 0.2) is 0 Å². The molecule has 0 aliphatic heterocycles. The summed E-state index contributed by atoms with van der Waals surface area (Å²) in [4.78, 5) is 4.39. The van der Waals surface area contributed by atoms with Crippen LogP contribution in [0, 0.1) is 5.41 Å². The van der Waals surface area contributed by atoms with Crippen LogP contribution in [0.25, 0.3) is 10.9 Å². The lowest BCUT2D eigenvalue weighted by atomic mass is 9.93. The number of nitrogens with zero attached hydrogens (tertiary/aromatic N) is 1. The second-order valence-corrected chi connectivity index (χ2v) is 6.35. The Morgan fingerprint density at radius 1 is 1.21 bits per heavy atom. The maximum absolute atomic E-state index is 6.18. The second-order valence-electron chi connectivity index (χ2n) is 5.99. The van der Waals surface area contributed by atoms with E-state index in [0.29, 0.717) is 17.2 Å². The number of fused-ring (bicyclic) bond motifs is 1. The van der Waals surface area contributed by atoms with Crippen LogP contribution in [0.3, 0.4) is 0 Å². The fraction of sp³-hybridized carbons (Fsp3) is 0.438. The van der Waals surface area contributed by atoms with E-state index in [4.69, 9.17) is 16.3 Å². The largest absolute Gasteiger partial charge is 0.377 e. The van der Waals surface area contributed by atoms with Crippen molar-refractivity contribution >= 4 is 22.5 Å². The van der Waals surface area contributed by atoms with Gasteiger partial charge in [-0.3, -0.25) is 0 Å². The summed E-state index contributed by atoms with van der Waals surface area (Å²) in [6, 6.07) is 10.0. The highest BCUT2D eigenvalue weighted by Gasteiger charge is 2.10. The van der Waals surface area contributed by atoms with Crippen molar-refractivity contribution in [1.82, 2.24) is 4.98 Å². The summed E-state index contributed by atoms with van der Waals surface area (Å²) >= 11 is 6.18. The Kier molecular flexibility index (Phi) is 4.43. The van der Waals surface area contributed by atoms with Crippen LogP contribution >= 0.6 is 11.6 Å². The number of rotatable bonds is 4. The van der Waals surface area contributed by atoms with Gasteiger partial charge in [-0.05, 0) is 24.0 Å². The van der Waals surface area contributed by atoms with Crippen molar-refractivity contribution in [2.45, 2.75) is 33.8 Å². The Morgan fingerprint density at radius 3 is 2.68 bits per heavy atom. The van der Waals surface area contributed by atoms with Gasteiger partial charge in [-0.2, -0.15) is 0 Å². The first-order chi connectivity index (χ1) is 8.96. The third-order valence-corrected chi connectivity index (χ3v) is 3.33. The van der Waals surface area contributed by atoms with Crippen molar-refractivity contribution < 1.29 is 4.74 Å². The lowest BCUT2D eigenvalue weighted by Crippen LogP contribution is -2.09. The van der Waals surface area contributed by atoms with Gasteiger partial charge < -0.3 is 4.74 Å². The minimum absolute atomic E-state index is 0.297. The molecule has 0 N–H and O–H groups in total. The van der Waals surface area contributed by atoms with Gasteiger partial charge in [-0.25, -0.2) is 4.98 Å². The molecule has 0 radical (unpaired) electrons. The Hall–Kier alpha value is -1.12. The maximum atomic E-state index is 6.18. The minimum atomic E-state index is 0.297. The minimum Gasteiger partial charge on any atom is -0.377 e. The van der Waals surface area contributed by atoms with E-state index in [1.165, 1.54) is 0 Å². The first-order valence-corrected chi connectivity index (χ1v) is 6.95. The number of benzene rings is 1. The molecule has 0 spiro atoms. The summed E-state index contributed by atoms with van der Waals surface area (Å²) in [6.07, 6.45) is 1.03. The molecule has 0 fully saturated rings. The molecule has 3 heteroatoms. The van der Waals surface area contributed by atoms with Crippen LogP contribution in [-0.2, 0) is 11.3 Å². The number of ether oxygens (including phenoxy) is 1. The van der Waals surface area contributed by atoms with Gasteiger partial charge in [-0.1, -0.05) is 50.6 Å². The Bertz CT molecular complexity index is 560. The lowest BCUT2D eigenvalue weighted by Gasteiger charge is -2.17. The third kappa shape index (κ3) is 4.19. The van der Waals surface area contributed by atoms with E-state index in [1.807, 2.05) is 24.3 Å². The van der Waals surface area contributed by atoms with E-state index < -0.39 is 0 Å². The monoisotopic (exact) mass is 277 g/mol. The SMILES string of the molecule is CC(C)(C)CCOCc1cc2ccccc2nc1Cl. The second kappa shape index (κ2) is 5.89. The molecule has 0 aliphatic carbocycles. The Morgan fingerprint density at radius 2 is 1.95 bits per heavy atom. The number of para-hydroxylation sites is 1. The average molecular weight is 278 g/mol. The molecule has 19 heavy (non-hydrogen) atoms. The van der Waals surface area contributed by atoms with E-state index in [2.05, 4.69) is 31.8 Å². The molecule has 0 unspecified atom stereocenters. The van der Waals surface area contributed by atoms with Gasteiger partial charge in [0.2, 0.25) is 0 Å². The van der Waals surface area contributed by atoms with Crippen molar-refractivity contribution in [3.8, 4) is 0 Å². The number of hydrogen-bond acceptors (Lipinski definition) is 2. The maximum Gasteiger partial charge on any atom is 0.135 e. The molecule has 2 nitrogen and oxygen atoms in total. The molecule has 0 amide bonds. The smallest absolute Gasteiger partial charge is 0.135 e. The summed E-state index contributed by atoms with van der Waals surface area (Å²) in [5, 5.41) is 1.63. The molecule has 1 aromatic carbocycles. The molecule has 0 aliphatic rings. The number of aromatic nitrogens is 1. The van der Waals surface area contributed by atoms with Gasteiger partial charge in [0, 0.05) is 17.6 Å². The average Bonchev–Trinajstić information content (AvgIpc) is 2.33. The van der Waals surface area contributed by atoms with Crippen LogP contribution in [0.5, 0.6) is 0 Å². The predicted octanol–water partition coefficient (Wildman–Crippen LogP) is 4.84. The zero-order chi connectivity index (χ0) is 13.9.